The summed E-state index contributed by atoms with van der Waals surface area (Å²) in [6.07, 6.45) is 10.7. The molecule has 0 spiro atoms. The fraction of sp³-hybridized carbons (Fsp3) is 0.460. The average molecular weight is 771 g/mol. The normalized spacial score (nSPS) is 28.6. The molecule has 4 aliphatic carbocycles. The van der Waals surface area contributed by atoms with Crippen molar-refractivity contribution in [1.29, 1.82) is 0 Å². The van der Waals surface area contributed by atoms with Gasteiger partial charge in [-0.3, -0.25) is 4.79 Å². The van der Waals surface area contributed by atoms with Crippen molar-refractivity contribution in [1.82, 2.24) is 0 Å². The van der Waals surface area contributed by atoms with Gasteiger partial charge < -0.3 is 19.7 Å². The number of Topliss-reactive ketones (excluding diaryl/α,β-unsaturated/α-hetero) is 1. The Morgan fingerprint density at radius 3 is 1.67 bits per heavy atom. The van der Waals surface area contributed by atoms with Gasteiger partial charge in [0, 0.05) is 22.8 Å². The van der Waals surface area contributed by atoms with E-state index in [1.807, 2.05) is 43.3 Å². The van der Waals surface area contributed by atoms with Crippen LogP contribution in [0.25, 0.3) is 0 Å². The molecule has 6 atom stereocenters. The van der Waals surface area contributed by atoms with Gasteiger partial charge in [-0.15, -0.1) is 0 Å². The third kappa shape index (κ3) is 7.85. The zero-order valence-corrected chi connectivity index (χ0v) is 34.0. The molecule has 2 N–H and O–H groups in total. The van der Waals surface area contributed by atoms with E-state index in [-0.39, 0.29) is 28.5 Å². The maximum atomic E-state index is 13.1. The highest BCUT2D eigenvalue weighted by atomic mass is 16.5. The van der Waals surface area contributed by atoms with Crippen LogP contribution in [0.3, 0.4) is 0 Å². The largest absolute Gasteiger partial charge is 0.465 e. The summed E-state index contributed by atoms with van der Waals surface area (Å²) < 4.78 is 9.77. The lowest BCUT2D eigenvalue weighted by molar-refractivity contribution is -0.0530. The minimum absolute atomic E-state index is 0.0327. The van der Waals surface area contributed by atoms with E-state index < -0.39 is 17.2 Å². The summed E-state index contributed by atoms with van der Waals surface area (Å²) >= 11 is 0. The van der Waals surface area contributed by atoms with E-state index in [0.717, 1.165) is 69.8 Å². The van der Waals surface area contributed by atoms with Crippen molar-refractivity contribution in [3.05, 3.63) is 142 Å². The highest BCUT2D eigenvalue weighted by molar-refractivity contribution is 6.02. The number of aliphatic hydroxyl groups is 2. The van der Waals surface area contributed by atoms with Crippen LogP contribution in [0.4, 0.5) is 0 Å². The van der Waals surface area contributed by atoms with Gasteiger partial charge in [0.05, 0.1) is 36.5 Å². The first kappa shape index (κ1) is 40.6. The van der Waals surface area contributed by atoms with Gasteiger partial charge in [0.1, 0.15) is 0 Å². The molecule has 4 aromatic rings. The van der Waals surface area contributed by atoms with E-state index in [4.69, 9.17) is 9.47 Å². The monoisotopic (exact) mass is 770 g/mol. The number of aryl methyl sites for hydroxylation is 1. The summed E-state index contributed by atoms with van der Waals surface area (Å²) in [5.74, 6) is -0.0945. The number of hydrogen-bond acceptors (Lipinski definition) is 7. The first-order chi connectivity index (χ1) is 27.4. The first-order valence-corrected chi connectivity index (χ1v) is 20.9. The Hall–Kier alpha value is -4.59. The van der Waals surface area contributed by atoms with Crippen LogP contribution in [-0.2, 0) is 39.6 Å². The Kier molecular flexibility index (Phi) is 11.6. The van der Waals surface area contributed by atoms with Crippen molar-refractivity contribution in [2.24, 2.45) is 11.8 Å². The van der Waals surface area contributed by atoms with Crippen molar-refractivity contribution >= 4 is 17.7 Å². The lowest BCUT2D eigenvalue weighted by Crippen LogP contribution is -2.52. The molecule has 7 heteroatoms. The molecule has 0 unspecified atom stereocenters. The number of methoxy groups -OCH3 is 2. The Balaban J connectivity index is 0.000000174. The molecule has 8 rings (SSSR count). The standard InChI is InChI=1S/C25H28O4.C25H30O3/c1-3-24(28)11-12-25(15-17-7-5-4-6-8-17)19(16-24)14-22(26)20-13-18(23(27)29-2)9-10-21(20)25;1-3-24(27)13-14-25(16-18-7-5-4-6-8-18)21(17-24)11-9-19-15-20(23(26)28-2)10-12-22(19)25/h4-10,13,19,28H,3,11-12,14-16H2,1-2H3;4-8,10,12,15,21,27H,3,9,11,13-14,16-17H2,1-2H3/t19-,24+,25-;21-,24+,25-/m00/s1. The summed E-state index contributed by atoms with van der Waals surface area (Å²) in [5, 5.41) is 22.0. The van der Waals surface area contributed by atoms with Crippen LogP contribution in [0.5, 0.6) is 0 Å². The Bertz CT molecular complexity index is 2090. The molecule has 57 heavy (non-hydrogen) atoms. The number of carbonyl (C=O) groups is 3. The number of esters is 2. The molecular formula is C50H58O7. The van der Waals surface area contributed by atoms with E-state index in [9.17, 15) is 24.6 Å². The van der Waals surface area contributed by atoms with Crippen molar-refractivity contribution in [3.8, 4) is 0 Å². The van der Waals surface area contributed by atoms with Crippen LogP contribution < -0.4 is 0 Å². The molecule has 0 aromatic heterocycles. The van der Waals surface area contributed by atoms with E-state index in [2.05, 4.69) is 55.5 Å². The van der Waals surface area contributed by atoms with Crippen LogP contribution in [0.1, 0.15) is 137 Å². The van der Waals surface area contributed by atoms with Crippen LogP contribution in [0, 0.1) is 11.8 Å². The maximum Gasteiger partial charge on any atom is 0.337 e. The van der Waals surface area contributed by atoms with Gasteiger partial charge in [0.2, 0.25) is 0 Å². The number of hydrogen-bond donors (Lipinski definition) is 2. The third-order valence-electron chi connectivity index (χ3n) is 14.5. The lowest BCUT2D eigenvalue weighted by Gasteiger charge is -2.53. The second-order valence-corrected chi connectivity index (χ2v) is 17.4. The van der Waals surface area contributed by atoms with E-state index in [0.29, 0.717) is 41.9 Å². The fourth-order valence-electron chi connectivity index (χ4n) is 11.1. The number of rotatable bonds is 8. The van der Waals surface area contributed by atoms with Crippen LogP contribution >= 0.6 is 0 Å². The van der Waals surface area contributed by atoms with Crippen molar-refractivity contribution < 1.29 is 34.1 Å². The summed E-state index contributed by atoms with van der Waals surface area (Å²) in [4.78, 5) is 37.1. The first-order valence-electron chi connectivity index (χ1n) is 20.9. The molecule has 0 radical (unpaired) electrons. The number of fused-ring (bicyclic) bond motifs is 6. The molecule has 0 aliphatic heterocycles. The maximum absolute atomic E-state index is 13.1. The van der Waals surface area contributed by atoms with Crippen molar-refractivity contribution in [2.75, 3.05) is 14.2 Å². The highest BCUT2D eigenvalue weighted by Crippen LogP contribution is 2.56. The van der Waals surface area contributed by atoms with Crippen LogP contribution in [0.2, 0.25) is 0 Å². The second kappa shape index (κ2) is 16.3. The lowest BCUT2D eigenvalue weighted by atomic mass is 9.52. The van der Waals surface area contributed by atoms with Gasteiger partial charge in [-0.05, 0) is 141 Å². The van der Waals surface area contributed by atoms with E-state index >= 15 is 0 Å². The Morgan fingerprint density at radius 2 is 1.14 bits per heavy atom. The SMILES string of the molecule is CC[C@@]1(O)CC[C@@]2(Cc3ccccc3)c3ccc(C(=O)OC)cc3C(=O)C[C@H]2C1.CC[C@@]1(O)CC[C@@]2(Cc3ccccc3)c3ccc(C(=O)OC)cc3CC[C@H]2C1. The summed E-state index contributed by atoms with van der Waals surface area (Å²) in [7, 11) is 2.78. The quantitative estimate of drug-likeness (QED) is 0.172. The summed E-state index contributed by atoms with van der Waals surface area (Å²) in [6, 6.07) is 32.6. The van der Waals surface area contributed by atoms with E-state index in [1.165, 1.54) is 36.5 Å². The van der Waals surface area contributed by atoms with Crippen LogP contribution in [-0.4, -0.2) is 53.4 Å². The average Bonchev–Trinajstić information content (AvgIpc) is 3.24. The molecule has 2 saturated carbocycles. The molecule has 4 aromatic carbocycles. The predicted octanol–water partition coefficient (Wildman–Crippen LogP) is 9.32. The highest BCUT2D eigenvalue weighted by Gasteiger charge is 2.53. The third-order valence-corrected chi connectivity index (χ3v) is 14.5. The van der Waals surface area contributed by atoms with Gasteiger partial charge in [-0.2, -0.15) is 0 Å². The summed E-state index contributed by atoms with van der Waals surface area (Å²) in [5.41, 5.74) is 6.53. The minimum atomic E-state index is -0.700. The molecule has 0 bridgehead atoms. The fourth-order valence-corrected chi connectivity index (χ4v) is 11.1. The number of carbonyl (C=O) groups excluding carboxylic acids is 3. The topological polar surface area (TPSA) is 110 Å². The molecule has 300 valence electrons. The van der Waals surface area contributed by atoms with E-state index in [1.54, 1.807) is 12.1 Å². The van der Waals surface area contributed by atoms with Gasteiger partial charge in [0.15, 0.2) is 5.78 Å². The number of ether oxygens (including phenoxy) is 2. The van der Waals surface area contributed by atoms with Gasteiger partial charge >= 0.3 is 11.9 Å². The van der Waals surface area contributed by atoms with Gasteiger partial charge in [-0.1, -0.05) is 86.6 Å². The Labute approximate surface area is 337 Å². The molecule has 0 saturated heterocycles. The minimum Gasteiger partial charge on any atom is -0.465 e. The molecular weight excluding hydrogens is 713 g/mol. The number of benzene rings is 4. The molecule has 4 aliphatic rings. The van der Waals surface area contributed by atoms with Crippen molar-refractivity contribution in [3.63, 3.8) is 0 Å². The number of ketones is 1. The summed E-state index contributed by atoms with van der Waals surface area (Å²) in [6.45, 7) is 4.12. The van der Waals surface area contributed by atoms with Crippen LogP contribution in [0.15, 0.2) is 97.1 Å². The van der Waals surface area contributed by atoms with Crippen molar-refractivity contribution in [2.45, 2.75) is 119 Å². The predicted molar refractivity (Wildman–Crippen MR) is 222 cm³/mol. The zero-order chi connectivity index (χ0) is 40.4. The Morgan fingerprint density at radius 1 is 0.649 bits per heavy atom. The van der Waals surface area contributed by atoms with Gasteiger partial charge in [0.25, 0.3) is 0 Å². The zero-order valence-electron chi connectivity index (χ0n) is 34.0. The van der Waals surface area contributed by atoms with Gasteiger partial charge in [-0.25, -0.2) is 9.59 Å². The smallest absolute Gasteiger partial charge is 0.337 e. The molecule has 7 nitrogen and oxygen atoms in total. The molecule has 0 heterocycles. The molecule has 0 amide bonds. The second-order valence-electron chi connectivity index (χ2n) is 17.4. The molecule has 2 fully saturated rings.